The largest absolute Gasteiger partial charge is 0.328 e. The van der Waals surface area contributed by atoms with Gasteiger partial charge in [-0.15, -0.1) is 0 Å². The van der Waals surface area contributed by atoms with E-state index in [0.717, 1.165) is 27.9 Å². The summed E-state index contributed by atoms with van der Waals surface area (Å²) in [4.78, 5) is 8.97. The standard InChI is InChI=1S/C21H22ClFN4S/c1-27-13-26-20(21(27)28-19-7-6-17(22)12-25-19)15-4-2-14(3-5-15)18-10-16(18)11-24-9-8-23/h2-7,12-13,16,18,24H,8-11H2,1H3. The summed E-state index contributed by atoms with van der Waals surface area (Å²) < 4.78 is 14.2. The van der Waals surface area contributed by atoms with Crippen LogP contribution in [0.4, 0.5) is 4.39 Å². The summed E-state index contributed by atoms with van der Waals surface area (Å²) in [6, 6.07) is 12.4. The number of benzene rings is 1. The Hall–Kier alpha value is -1.89. The van der Waals surface area contributed by atoms with E-state index >= 15 is 0 Å². The maximum absolute atomic E-state index is 12.2. The number of alkyl halides is 1. The van der Waals surface area contributed by atoms with Crippen molar-refractivity contribution in [3.05, 3.63) is 59.5 Å². The molecule has 1 aliphatic rings. The lowest BCUT2D eigenvalue weighted by Crippen LogP contribution is -2.19. The summed E-state index contributed by atoms with van der Waals surface area (Å²) in [6.07, 6.45) is 4.66. The SMILES string of the molecule is Cn1cnc(-c2ccc(C3CC3CNCCF)cc2)c1Sc1ccc(Cl)cn1. The minimum absolute atomic E-state index is 0.304. The number of hydrogen-bond acceptors (Lipinski definition) is 4. The second-order valence-electron chi connectivity index (χ2n) is 7.04. The van der Waals surface area contributed by atoms with E-state index in [-0.39, 0.29) is 6.67 Å². The fourth-order valence-corrected chi connectivity index (χ4v) is 4.39. The molecule has 0 amide bonds. The number of nitrogens with zero attached hydrogens (tertiary/aromatic N) is 3. The van der Waals surface area contributed by atoms with Crippen LogP contribution in [0.5, 0.6) is 0 Å². The van der Waals surface area contributed by atoms with Crippen molar-refractivity contribution < 1.29 is 4.39 Å². The molecule has 3 aromatic rings. The Morgan fingerprint density at radius 2 is 2.04 bits per heavy atom. The molecule has 1 fully saturated rings. The first-order valence-electron chi connectivity index (χ1n) is 9.33. The number of nitrogens with one attached hydrogen (secondary N) is 1. The van der Waals surface area contributed by atoms with E-state index in [4.69, 9.17) is 11.6 Å². The first-order chi connectivity index (χ1) is 13.7. The van der Waals surface area contributed by atoms with Gasteiger partial charge in [-0.2, -0.15) is 0 Å². The predicted molar refractivity (Wildman–Crippen MR) is 112 cm³/mol. The lowest BCUT2D eigenvalue weighted by molar-refractivity contribution is 0.461. The highest BCUT2D eigenvalue weighted by molar-refractivity contribution is 7.99. The van der Waals surface area contributed by atoms with Crippen molar-refractivity contribution in [3.63, 3.8) is 0 Å². The second kappa shape index (κ2) is 8.64. The summed E-state index contributed by atoms with van der Waals surface area (Å²) in [5.41, 5.74) is 3.39. The van der Waals surface area contributed by atoms with Gasteiger partial charge in [0.15, 0.2) is 0 Å². The molecular weight excluding hydrogens is 395 g/mol. The van der Waals surface area contributed by atoms with Gasteiger partial charge in [0.05, 0.1) is 11.3 Å². The third-order valence-corrected chi connectivity index (χ3v) is 6.35. The number of aromatic nitrogens is 3. The van der Waals surface area contributed by atoms with Crippen LogP contribution >= 0.6 is 23.4 Å². The molecule has 2 aromatic heterocycles. The Morgan fingerprint density at radius 3 is 2.75 bits per heavy atom. The van der Waals surface area contributed by atoms with Gasteiger partial charge in [0.25, 0.3) is 0 Å². The number of rotatable bonds is 8. The maximum Gasteiger partial charge on any atom is 0.109 e. The van der Waals surface area contributed by atoms with E-state index in [1.165, 1.54) is 12.0 Å². The molecule has 2 heterocycles. The van der Waals surface area contributed by atoms with Gasteiger partial charge in [-0.3, -0.25) is 0 Å². The molecule has 0 radical (unpaired) electrons. The van der Waals surface area contributed by atoms with Gasteiger partial charge >= 0.3 is 0 Å². The van der Waals surface area contributed by atoms with Gasteiger partial charge in [0, 0.05) is 25.4 Å². The zero-order chi connectivity index (χ0) is 19.5. The minimum Gasteiger partial charge on any atom is -0.328 e. The third-order valence-electron chi connectivity index (χ3n) is 5.00. The highest BCUT2D eigenvalue weighted by Gasteiger charge is 2.37. The first-order valence-corrected chi connectivity index (χ1v) is 10.5. The Labute approximate surface area is 173 Å². The third kappa shape index (κ3) is 4.40. The van der Waals surface area contributed by atoms with E-state index in [2.05, 4.69) is 39.6 Å². The first kappa shape index (κ1) is 19.4. The fraction of sp³-hybridized carbons (Fsp3) is 0.333. The van der Waals surface area contributed by atoms with Crippen molar-refractivity contribution in [1.29, 1.82) is 0 Å². The monoisotopic (exact) mass is 416 g/mol. The fourth-order valence-electron chi connectivity index (χ4n) is 3.38. The molecule has 0 aliphatic heterocycles. The highest BCUT2D eigenvalue weighted by atomic mass is 35.5. The molecule has 4 rings (SSSR count). The van der Waals surface area contributed by atoms with Crippen molar-refractivity contribution in [2.24, 2.45) is 13.0 Å². The smallest absolute Gasteiger partial charge is 0.109 e. The lowest BCUT2D eigenvalue weighted by Gasteiger charge is -2.07. The van der Waals surface area contributed by atoms with Crippen LogP contribution in [0, 0.1) is 5.92 Å². The molecule has 1 aromatic carbocycles. The Kier molecular flexibility index (Phi) is 5.99. The zero-order valence-electron chi connectivity index (χ0n) is 15.6. The number of hydrogen-bond donors (Lipinski definition) is 1. The highest BCUT2D eigenvalue weighted by Crippen LogP contribution is 2.47. The van der Waals surface area contributed by atoms with E-state index in [9.17, 15) is 4.39 Å². The molecule has 2 unspecified atom stereocenters. The molecule has 1 saturated carbocycles. The topological polar surface area (TPSA) is 42.7 Å². The Morgan fingerprint density at radius 1 is 1.21 bits per heavy atom. The molecule has 7 heteroatoms. The average Bonchev–Trinajstić information content (AvgIpc) is 3.40. The number of pyridine rings is 1. The van der Waals surface area contributed by atoms with Crippen LogP contribution in [-0.2, 0) is 7.05 Å². The van der Waals surface area contributed by atoms with Crippen LogP contribution in [0.3, 0.4) is 0 Å². The molecule has 4 nitrogen and oxygen atoms in total. The zero-order valence-corrected chi connectivity index (χ0v) is 17.2. The number of halogens is 2. The Bertz CT molecular complexity index is 927. The van der Waals surface area contributed by atoms with Crippen LogP contribution in [0.1, 0.15) is 17.9 Å². The average molecular weight is 417 g/mol. The molecule has 0 saturated heterocycles. The number of imidazole rings is 1. The van der Waals surface area contributed by atoms with E-state index in [1.807, 2.05) is 30.1 Å². The van der Waals surface area contributed by atoms with Crippen molar-refractivity contribution >= 4 is 23.4 Å². The maximum atomic E-state index is 12.2. The summed E-state index contributed by atoms with van der Waals surface area (Å²) in [5.74, 6) is 1.20. The summed E-state index contributed by atoms with van der Waals surface area (Å²) in [5, 5.41) is 5.72. The van der Waals surface area contributed by atoms with Crippen LogP contribution in [-0.4, -0.2) is 34.3 Å². The van der Waals surface area contributed by atoms with Gasteiger partial charge in [0.1, 0.15) is 22.4 Å². The van der Waals surface area contributed by atoms with Gasteiger partial charge in [-0.05, 0) is 54.3 Å². The summed E-state index contributed by atoms with van der Waals surface area (Å²) in [6.45, 7) is 1.04. The predicted octanol–water partition coefficient (Wildman–Crippen LogP) is 4.95. The normalized spacial score (nSPS) is 18.4. The van der Waals surface area contributed by atoms with E-state index in [0.29, 0.717) is 23.4 Å². The summed E-state index contributed by atoms with van der Waals surface area (Å²) in [7, 11) is 1.99. The van der Waals surface area contributed by atoms with Gasteiger partial charge in [-0.25, -0.2) is 14.4 Å². The molecule has 0 bridgehead atoms. The van der Waals surface area contributed by atoms with E-state index < -0.39 is 0 Å². The van der Waals surface area contributed by atoms with Crippen LogP contribution in [0.25, 0.3) is 11.3 Å². The number of aryl methyl sites for hydroxylation is 1. The van der Waals surface area contributed by atoms with Crippen LogP contribution in [0.15, 0.2) is 59.0 Å². The van der Waals surface area contributed by atoms with Gasteiger partial charge < -0.3 is 9.88 Å². The van der Waals surface area contributed by atoms with Crippen molar-refractivity contribution in [3.8, 4) is 11.3 Å². The van der Waals surface area contributed by atoms with Crippen LogP contribution in [0.2, 0.25) is 5.02 Å². The van der Waals surface area contributed by atoms with Gasteiger partial charge in [0.2, 0.25) is 0 Å². The van der Waals surface area contributed by atoms with E-state index in [1.54, 1.807) is 18.0 Å². The molecular formula is C21H22ClFN4S. The molecule has 146 valence electrons. The molecule has 1 aliphatic carbocycles. The van der Waals surface area contributed by atoms with Gasteiger partial charge in [-0.1, -0.05) is 35.9 Å². The summed E-state index contributed by atoms with van der Waals surface area (Å²) >= 11 is 7.51. The molecule has 2 atom stereocenters. The van der Waals surface area contributed by atoms with Crippen molar-refractivity contribution in [2.75, 3.05) is 19.8 Å². The quantitative estimate of drug-likeness (QED) is 0.527. The molecule has 0 spiro atoms. The Balaban J connectivity index is 1.47. The van der Waals surface area contributed by atoms with Crippen molar-refractivity contribution in [2.45, 2.75) is 22.4 Å². The van der Waals surface area contributed by atoms with Crippen molar-refractivity contribution in [1.82, 2.24) is 19.9 Å². The molecule has 28 heavy (non-hydrogen) atoms. The molecule has 1 N–H and O–H groups in total. The second-order valence-corrected chi connectivity index (χ2v) is 8.49. The van der Waals surface area contributed by atoms with Crippen LogP contribution < -0.4 is 5.32 Å². The lowest BCUT2D eigenvalue weighted by atomic mass is 10.1. The minimum atomic E-state index is -0.304.